The Morgan fingerprint density at radius 2 is 1.71 bits per heavy atom. The Morgan fingerprint density at radius 3 is 2.32 bits per heavy atom. The van der Waals surface area contributed by atoms with Crippen LogP contribution in [0.1, 0.15) is 36.7 Å². The van der Waals surface area contributed by atoms with Crippen LogP contribution < -0.4 is 0 Å². The summed E-state index contributed by atoms with van der Waals surface area (Å²) in [5, 5.41) is 0.542. The van der Waals surface area contributed by atoms with Crippen LogP contribution in [0, 0.1) is 5.41 Å². The van der Waals surface area contributed by atoms with Crippen molar-refractivity contribution in [3.05, 3.63) is 59.8 Å². The molecular formula is C22H21F4NO. The summed E-state index contributed by atoms with van der Waals surface area (Å²) in [5.74, 6) is -0.638. The highest BCUT2D eigenvalue weighted by molar-refractivity contribution is 6.09. The number of nitrogens with zero attached hydrogens (tertiary/aromatic N) is 1. The fourth-order valence-corrected chi connectivity index (χ4v) is 3.38. The van der Waals surface area contributed by atoms with E-state index in [1.807, 2.05) is 25.3 Å². The minimum atomic E-state index is -4.48. The Kier molecular flexibility index (Phi) is 5.08. The molecule has 1 heterocycles. The molecule has 2 aromatic carbocycles. The smallest absolute Gasteiger partial charge is 0.346 e. The predicted molar refractivity (Wildman–Crippen MR) is 102 cm³/mol. The van der Waals surface area contributed by atoms with Crippen LogP contribution in [0.4, 0.5) is 17.6 Å². The van der Waals surface area contributed by atoms with Gasteiger partial charge in [0, 0.05) is 29.2 Å². The monoisotopic (exact) mass is 391 g/mol. The molecule has 0 radical (unpaired) electrons. The van der Waals surface area contributed by atoms with Crippen LogP contribution in [0.15, 0.2) is 48.7 Å². The highest BCUT2D eigenvalue weighted by Gasteiger charge is 2.33. The molecule has 0 saturated carbocycles. The molecule has 28 heavy (non-hydrogen) atoms. The van der Waals surface area contributed by atoms with Crippen molar-refractivity contribution in [1.82, 2.24) is 4.57 Å². The van der Waals surface area contributed by atoms with E-state index in [0.29, 0.717) is 23.0 Å². The van der Waals surface area contributed by atoms with Crippen LogP contribution in [-0.2, 0) is 12.7 Å². The Hall–Kier alpha value is -2.63. The molecular weight excluding hydrogens is 370 g/mol. The van der Waals surface area contributed by atoms with Gasteiger partial charge in [0.05, 0.1) is 5.56 Å². The van der Waals surface area contributed by atoms with Gasteiger partial charge < -0.3 is 4.57 Å². The van der Waals surface area contributed by atoms with Gasteiger partial charge in [-0.2, -0.15) is 13.2 Å². The third-order valence-corrected chi connectivity index (χ3v) is 4.49. The van der Waals surface area contributed by atoms with Gasteiger partial charge in [-0.15, -0.1) is 0 Å². The lowest BCUT2D eigenvalue weighted by Gasteiger charge is -2.20. The second kappa shape index (κ2) is 7.08. The van der Waals surface area contributed by atoms with Crippen molar-refractivity contribution in [3.63, 3.8) is 0 Å². The first kappa shape index (κ1) is 20.1. The van der Waals surface area contributed by atoms with Gasteiger partial charge in [0.15, 0.2) is 12.5 Å². The largest absolute Gasteiger partial charge is 0.417 e. The van der Waals surface area contributed by atoms with E-state index in [0.717, 1.165) is 6.07 Å². The van der Waals surface area contributed by atoms with Crippen LogP contribution in [0.5, 0.6) is 0 Å². The maximum atomic E-state index is 13.4. The van der Waals surface area contributed by atoms with Crippen molar-refractivity contribution in [2.24, 2.45) is 5.41 Å². The molecule has 6 heteroatoms. The van der Waals surface area contributed by atoms with Crippen LogP contribution in [0.2, 0.25) is 0 Å². The van der Waals surface area contributed by atoms with Crippen molar-refractivity contribution in [2.75, 3.05) is 6.67 Å². The first-order chi connectivity index (χ1) is 13.0. The van der Waals surface area contributed by atoms with E-state index >= 15 is 0 Å². The van der Waals surface area contributed by atoms with Gasteiger partial charge in [-0.05, 0) is 28.7 Å². The maximum absolute atomic E-state index is 13.4. The number of alkyl halides is 4. The molecule has 0 aliphatic heterocycles. The molecule has 0 fully saturated rings. The normalized spacial score (nSPS) is 12.5. The van der Waals surface area contributed by atoms with Crippen molar-refractivity contribution in [2.45, 2.75) is 33.5 Å². The molecule has 0 N–H and O–H groups in total. The molecule has 0 saturated heterocycles. The van der Waals surface area contributed by atoms with Crippen molar-refractivity contribution < 1.29 is 22.4 Å². The zero-order valence-corrected chi connectivity index (χ0v) is 15.9. The van der Waals surface area contributed by atoms with Gasteiger partial charge in [0.2, 0.25) is 0 Å². The Labute approximate surface area is 160 Å². The molecule has 3 rings (SSSR count). The summed E-state index contributed by atoms with van der Waals surface area (Å²) in [7, 11) is 0. The number of carbonyl (C=O) groups excluding carboxylic acids is 1. The maximum Gasteiger partial charge on any atom is 0.417 e. The minimum Gasteiger partial charge on any atom is -0.346 e. The van der Waals surface area contributed by atoms with Crippen molar-refractivity contribution >= 4 is 16.7 Å². The number of hydrogen-bond donors (Lipinski definition) is 0. The lowest BCUT2D eigenvalue weighted by molar-refractivity contribution is -0.137. The number of fused-ring (bicyclic) bond motifs is 1. The molecule has 0 atom stereocenters. The first-order valence-electron chi connectivity index (χ1n) is 8.90. The second-order valence-corrected chi connectivity index (χ2v) is 8.06. The zero-order chi connectivity index (χ0) is 20.7. The molecule has 0 aliphatic carbocycles. The number of benzene rings is 2. The summed E-state index contributed by atoms with van der Waals surface area (Å²) >= 11 is 0. The Bertz CT molecular complexity index is 1030. The SMILES string of the molecule is CC(C)(C)Cn1cc(C(=O)CF)c2ccc(-c3ccccc3C(F)(F)F)cc21. The summed E-state index contributed by atoms with van der Waals surface area (Å²) in [6.07, 6.45) is -2.88. The molecule has 0 unspecified atom stereocenters. The van der Waals surface area contributed by atoms with Crippen LogP contribution in [0.3, 0.4) is 0 Å². The number of carbonyl (C=O) groups is 1. The van der Waals surface area contributed by atoms with E-state index in [1.165, 1.54) is 12.1 Å². The molecule has 0 amide bonds. The van der Waals surface area contributed by atoms with E-state index in [2.05, 4.69) is 0 Å². The molecule has 0 bridgehead atoms. The molecule has 1 aromatic heterocycles. The third-order valence-electron chi connectivity index (χ3n) is 4.49. The fourth-order valence-electron chi connectivity index (χ4n) is 3.38. The van der Waals surface area contributed by atoms with Crippen LogP contribution in [-0.4, -0.2) is 17.0 Å². The molecule has 148 valence electrons. The Balaban J connectivity index is 2.24. The first-order valence-corrected chi connectivity index (χ1v) is 8.90. The molecule has 3 aromatic rings. The number of halogens is 4. The van der Waals surface area contributed by atoms with E-state index in [-0.39, 0.29) is 16.5 Å². The molecule has 0 aliphatic rings. The average Bonchev–Trinajstić information content (AvgIpc) is 2.96. The number of hydrogen-bond acceptors (Lipinski definition) is 1. The van der Waals surface area contributed by atoms with Gasteiger partial charge >= 0.3 is 6.18 Å². The number of rotatable bonds is 4. The van der Waals surface area contributed by atoms with E-state index < -0.39 is 24.2 Å². The summed E-state index contributed by atoms with van der Waals surface area (Å²) in [5.41, 5.74) is 0.468. The molecule has 2 nitrogen and oxygen atoms in total. The van der Waals surface area contributed by atoms with Gasteiger partial charge in [0.1, 0.15) is 0 Å². The van der Waals surface area contributed by atoms with Gasteiger partial charge in [0.25, 0.3) is 0 Å². The van der Waals surface area contributed by atoms with E-state index in [4.69, 9.17) is 0 Å². The lowest BCUT2D eigenvalue weighted by Crippen LogP contribution is -2.14. The quantitative estimate of drug-likeness (QED) is 0.366. The highest BCUT2D eigenvalue weighted by atomic mass is 19.4. The number of aromatic nitrogens is 1. The summed E-state index contributed by atoms with van der Waals surface area (Å²) in [4.78, 5) is 12.0. The minimum absolute atomic E-state index is 0.0683. The standard InChI is InChI=1S/C22H21F4NO/c1-21(2,3)13-27-12-17(20(28)11-23)16-9-8-14(10-19(16)27)15-6-4-5-7-18(15)22(24,25)26/h4-10,12H,11,13H2,1-3H3. The summed E-state index contributed by atoms with van der Waals surface area (Å²) in [6, 6.07) is 10.2. The molecule has 0 spiro atoms. The summed E-state index contributed by atoms with van der Waals surface area (Å²) in [6.45, 7) is 5.45. The highest BCUT2D eigenvalue weighted by Crippen LogP contribution is 2.38. The predicted octanol–water partition coefficient (Wildman–Crippen LogP) is 6.53. The van der Waals surface area contributed by atoms with Crippen molar-refractivity contribution in [3.8, 4) is 11.1 Å². The van der Waals surface area contributed by atoms with Crippen LogP contribution >= 0.6 is 0 Å². The van der Waals surface area contributed by atoms with Crippen molar-refractivity contribution in [1.29, 1.82) is 0 Å². The zero-order valence-electron chi connectivity index (χ0n) is 15.9. The average molecular weight is 391 g/mol. The van der Waals surface area contributed by atoms with E-state index in [9.17, 15) is 22.4 Å². The summed E-state index contributed by atoms with van der Waals surface area (Å²) < 4.78 is 55.1. The van der Waals surface area contributed by atoms with Gasteiger partial charge in [-0.3, -0.25) is 4.79 Å². The van der Waals surface area contributed by atoms with E-state index in [1.54, 1.807) is 30.5 Å². The van der Waals surface area contributed by atoms with Gasteiger partial charge in [-0.25, -0.2) is 4.39 Å². The lowest BCUT2D eigenvalue weighted by atomic mass is 9.96. The topological polar surface area (TPSA) is 22.0 Å². The third kappa shape index (κ3) is 3.96. The Morgan fingerprint density at radius 1 is 1.04 bits per heavy atom. The number of ketones is 1. The second-order valence-electron chi connectivity index (χ2n) is 8.06. The van der Waals surface area contributed by atoms with Crippen LogP contribution in [0.25, 0.3) is 22.0 Å². The fraction of sp³-hybridized carbons (Fsp3) is 0.318. The van der Waals surface area contributed by atoms with Gasteiger partial charge in [-0.1, -0.05) is 51.1 Å². The number of Topliss-reactive ketones (excluding diaryl/α,β-unsaturated/α-hetero) is 1.